The van der Waals surface area contributed by atoms with Gasteiger partial charge in [-0.25, -0.2) is 10.3 Å². The van der Waals surface area contributed by atoms with Gasteiger partial charge in [-0.05, 0) is 43.3 Å². The number of hydrogen-bond acceptors (Lipinski definition) is 4. The Morgan fingerprint density at radius 3 is 2.56 bits per heavy atom. The predicted octanol–water partition coefficient (Wildman–Crippen LogP) is 2.32. The summed E-state index contributed by atoms with van der Waals surface area (Å²) in [6, 6.07) is 13.2. The number of imide groups is 1. The molecular formula is C18H16BrN3O3. The summed E-state index contributed by atoms with van der Waals surface area (Å²) in [5.74, 6) is -1.06. The average Bonchev–Trinajstić information content (AvgIpc) is 2.87. The third kappa shape index (κ3) is 3.78. The van der Waals surface area contributed by atoms with Gasteiger partial charge in [0.1, 0.15) is 6.04 Å². The lowest BCUT2D eigenvalue weighted by molar-refractivity contribution is -0.121. The van der Waals surface area contributed by atoms with Crippen molar-refractivity contribution in [2.75, 3.05) is 4.90 Å². The van der Waals surface area contributed by atoms with E-state index in [4.69, 9.17) is 0 Å². The van der Waals surface area contributed by atoms with Crippen LogP contribution < -0.4 is 15.8 Å². The second-order valence-corrected chi connectivity index (χ2v) is 6.68. The standard InChI is InChI=1S/C18H16BrN3O3/c1-11-3-2-4-12(9-11)17(24)21-20-15-10-16(23)22(18(15)25)14-7-5-13(19)6-8-14/h2-9,15,20H,10H2,1H3,(H,21,24). The van der Waals surface area contributed by atoms with Crippen LogP contribution in [0.1, 0.15) is 22.3 Å². The molecule has 0 spiro atoms. The molecule has 1 aliphatic heterocycles. The van der Waals surface area contributed by atoms with E-state index < -0.39 is 11.9 Å². The summed E-state index contributed by atoms with van der Waals surface area (Å²) in [4.78, 5) is 37.9. The van der Waals surface area contributed by atoms with Crippen molar-refractivity contribution >= 4 is 39.3 Å². The van der Waals surface area contributed by atoms with Gasteiger partial charge in [0.25, 0.3) is 11.8 Å². The minimum atomic E-state index is -0.787. The first-order valence-electron chi connectivity index (χ1n) is 7.70. The topological polar surface area (TPSA) is 78.5 Å². The van der Waals surface area contributed by atoms with Crippen LogP contribution in [0, 0.1) is 6.92 Å². The Labute approximate surface area is 153 Å². The number of hydrazine groups is 1. The molecule has 0 aliphatic carbocycles. The number of aryl methyl sites for hydroxylation is 1. The van der Waals surface area contributed by atoms with E-state index in [9.17, 15) is 14.4 Å². The molecule has 6 nitrogen and oxygen atoms in total. The molecule has 2 aromatic carbocycles. The Bertz CT molecular complexity index is 836. The fourth-order valence-corrected chi connectivity index (χ4v) is 2.88. The first-order chi connectivity index (χ1) is 12.0. The average molecular weight is 402 g/mol. The Morgan fingerprint density at radius 2 is 1.88 bits per heavy atom. The van der Waals surface area contributed by atoms with Crippen LogP contribution >= 0.6 is 15.9 Å². The number of nitrogens with zero attached hydrogens (tertiary/aromatic N) is 1. The van der Waals surface area contributed by atoms with Crippen LogP contribution in [0.25, 0.3) is 0 Å². The molecule has 0 radical (unpaired) electrons. The number of anilines is 1. The van der Waals surface area contributed by atoms with Gasteiger partial charge in [-0.15, -0.1) is 0 Å². The van der Waals surface area contributed by atoms with Gasteiger partial charge in [0.15, 0.2) is 0 Å². The number of benzene rings is 2. The van der Waals surface area contributed by atoms with Gasteiger partial charge in [0.05, 0.1) is 12.1 Å². The van der Waals surface area contributed by atoms with Crippen LogP contribution in [0.15, 0.2) is 53.0 Å². The quantitative estimate of drug-likeness (QED) is 0.608. The SMILES string of the molecule is Cc1cccc(C(=O)NNC2CC(=O)N(c3ccc(Br)cc3)C2=O)c1. The molecule has 1 heterocycles. The van der Waals surface area contributed by atoms with Crippen LogP contribution in [0.3, 0.4) is 0 Å². The smallest absolute Gasteiger partial charge is 0.265 e. The van der Waals surface area contributed by atoms with E-state index in [2.05, 4.69) is 26.8 Å². The Morgan fingerprint density at radius 1 is 1.16 bits per heavy atom. The van der Waals surface area contributed by atoms with E-state index in [0.717, 1.165) is 14.9 Å². The van der Waals surface area contributed by atoms with E-state index in [-0.39, 0.29) is 18.2 Å². The van der Waals surface area contributed by atoms with Crippen molar-refractivity contribution in [3.63, 3.8) is 0 Å². The van der Waals surface area contributed by atoms with Gasteiger partial charge < -0.3 is 0 Å². The molecule has 2 N–H and O–H groups in total. The molecule has 7 heteroatoms. The number of rotatable bonds is 4. The third-order valence-electron chi connectivity index (χ3n) is 3.87. The summed E-state index contributed by atoms with van der Waals surface area (Å²) in [5, 5.41) is 0. The van der Waals surface area contributed by atoms with Crippen molar-refractivity contribution in [3.8, 4) is 0 Å². The molecule has 25 heavy (non-hydrogen) atoms. The summed E-state index contributed by atoms with van der Waals surface area (Å²) < 4.78 is 0.857. The highest BCUT2D eigenvalue weighted by Gasteiger charge is 2.39. The zero-order valence-corrected chi connectivity index (χ0v) is 15.0. The van der Waals surface area contributed by atoms with E-state index in [1.54, 1.807) is 42.5 Å². The van der Waals surface area contributed by atoms with Crippen molar-refractivity contribution < 1.29 is 14.4 Å². The lowest BCUT2D eigenvalue weighted by Gasteiger charge is -2.16. The van der Waals surface area contributed by atoms with Crippen LogP contribution in [0.5, 0.6) is 0 Å². The summed E-state index contributed by atoms with van der Waals surface area (Å²) >= 11 is 3.32. The highest BCUT2D eigenvalue weighted by atomic mass is 79.9. The highest BCUT2D eigenvalue weighted by molar-refractivity contribution is 9.10. The summed E-state index contributed by atoms with van der Waals surface area (Å²) in [6.07, 6.45) is -0.0109. The van der Waals surface area contributed by atoms with E-state index in [1.807, 2.05) is 13.0 Å². The largest absolute Gasteiger partial charge is 0.287 e. The molecule has 1 atom stereocenters. The first-order valence-corrected chi connectivity index (χ1v) is 8.50. The number of halogens is 1. The molecule has 1 saturated heterocycles. The normalized spacial score (nSPS) is 17.0. The molecule has 1 fully saturated rings. The second kappa shape index (κ2) is 7.16. The Balaban J connectivity index is 1.66. The lowest BCUT2D eigenvalue weighted by Crippen LogP contribution is -2.48. The maximum atomic E-state index is 12.5. The minimum Gasteiger partial charge on any atom is -0.287 e. The Hall–Kier alpha value is -2.51. The van der Waals surface area contributed by atoms with Crippen LogP contribution in [0.4, 0.5) is 5.69 Å². The molecule has 128 valence electrons. The van der Waals surface area contributed by atoms with Crippen molar-refractivity contribution in [1.29, 1.82) is 0 Å². The molecule has 3 rings (SSSR count). The van der Waals surface area contributed by atoms with E-state index >= 15 is 0 Å². The fraction of sp³-hybridized carbons (Fsp3) is 0.167. The van der Waals surface area contributed by atoms with E-state index in [1.165, 1.54) is 0 Å². The summed E-state index contributed by atoms with van der Waals surface area (Å²) in [6.45, 7) is 1.89. The minimum absolute atomic E-state index is 0.0109. The summed E-state index contributed by atoms with van der Waals surface area (Å²) in [7, 11) is 0. The predicted molar refractivity (Wildman–Crippen MR) is 96.8 cm³/mol. The molecule has 1 unspecified atom stereocenters. The third-order valence-corrected chi connectivity index (χ3v) is 4.40. The monoisotopic (exact) mass is 401 g/mol. The van der Waals surface area contributed by atoms with Gasteiger partial charge in [-0.1, -0.05) is 33.6 Å². The van der Waals surface area contributed by atoms with Gasteiger partial charge in [0, 0.05) is 10.0 Å². The van der Waals surface area contributed by atoms with Crippen molar-refractivity contribution in [2.24, 2.45) is 0 Å². The molecule has 3 amide bonds. The van der Waals surface area contributed by atoms with Crippen molar-refractivity contribution in [3.05, 3.63) is 64.1 Å². The fourth-order valence-electron chi connectivity index (χ4n) is 2.62. The number of carbonyl (C=O) groups excluding carboxylic acids is 3. The van der Waals surface area contributed by atoms with Gasteiger partial charge >= 0.3 is 0 Å². The van der Waals surface area contributed by atoms with Crippen molar-refractivity contribution in [1.82, 2.24) is 10.9 Å². The lowest BCUT2D eigenvalue weighted by atomic mass is 10.1. The highest BCUT2D eigenvalue weighted by Crippen LogP contribution is 2.24. The number of amides is 3. The van der Waals surface area contributed by atoms with Crippen molar-refractivity contribution in [2.45, 2.75) is 19.4 Å². The molecular weight excluding hydrogens is 386 g/mol. The van der Waals surface area contributed by atoms with Crippen LogP contribution in [-0.4, -0.2) is 23.8 Å². The number of hydrogen-bond donors (Lipinski definition) is 2. The maximum absolute atomic E-state index is 12.5. The van der Waals surface area contributed by atoms with Crippen LogP contribution in [-0.2, 0) is 9.59 Å². The molecule has 1 aliphatic rings. The number of carbonyl (C=O) groups is 3. The van der Waals surface area contributed by atoms with Gasteiger partial charge in [-0.3, -0.25) is 19.8 Å². The maximum Gasteiger partial charge on any atom is 0.265 e. The Kier molecular flexibility index (Phi) is 4.96. The van der Waals surface area contributed by atoms with Gasteiger partial charge in [-0.2, -0.15) is 0 Å². The number of nitrogens with one attached hydrogen (secondary N) is 2. The van der Waals surface area contributed by atoms with E-state index in [0.29, 0.717) is 11.3 Å². The summed E-state index contributed by atoms with van der Waals surface area (Å²) in [5.41, 5.74) is 7.12. The molecule has 2 aromatic rings. The second-order valence-electron chi connectivity index (χ2n) is 5.77. The zero-order valence-electron chi connectivity index (χ0n) is 13.5. The van der Waals surface area contributed by atoms with Gasteiger partial charge in [0.2, 0.25) is 5.91 Å². The molecule has 0 bridgehead atoms. The van der Waals surface area contributed by atoms with Crippen LogP contribution in [0.2, 0.25) is 0 Å². The molecule has 0 aromatic heterocycles. The molecule has 0 saturated carbocycles. The first kappa shape index (κ1) is 17.3. The zero-order chi connectivity index (χ0) is 18.0.